The summed E-state index contributed by atoms with van der Waals surface area (Å²) in [6, 6.07) is 14.6. The second kappa shape index (κ2) is 7.40. The lowest BCUT2D eigenvalue weighted by Gasteiger charge is -2.39. The number of anilines is 1. The largest absolute Gasteiger partial charge is 0.364 e. The third-order valence-electron chi connectivity index (χ3n) is 4.55. The average Bonchev–Trinajstić information content (AvgIpc) is 2.64. The highest BCUT2D eigenvalue weighted by Gasteiger charge is 2.24. The van der Waals surface area contributed by atoms with Crippen LogP contribution in [-0.2, 0) is 0 Å². The van der Waals surface area contributed by atoms with Gasteiger partial charge in [0.25, 0.3) is 5.91 Å². The van der Waals surface area contributed by atoms with E-state index in [-0.39, 0.29) is 5.69 Å². The highest BCUT2D eigenvalue weighted by atomic mass is 16.1. The van der Waals surface area contributed by atoms with Gasteiger partial charge in [-0.05, 0) is 24.1 Å². The van der Waals surface area contributed by atoms with E-state index in [0.29, 0.717) is 6.04 Å². The number of carbonyl (C=O) groups excluding carboxylic acids is 1. The van der Waals surface area contributed by atoms with Crippen LogP contribution in [0.1, 0.15) is 35.4 Å². The first-order chi connectivity index (χ1) is 11.7. The molecule has 1 atom stereocenters. The molecule has 6 heteroatoms. The molecule has 2 aromatic rings. The van der Waals surface area contributed by atoms with Crippen LogP contribution in [0, 0.1) is 0 Å². The predicted octanol–water partition coefficient (Wildman–Crippen LogP) is 1.85. The monoisotopic (exact) mass is 325 g/mol. The maximum Gasteiger partial charge on any atom is 0.269 e. The summed E-state index contributed by atoms with van der Waals surface area (Å²) in [7, 11) is 0. The lowest BCUT2D eigenvalue weighted by Crippen LogP contribution is -2.48. The maximum atomic E-state index is 11.1. The Morgan fingerprint density at radius 3 is 2.33 bits per heavy atom. The van der Waals surface area contributed by atoms with Crippen molar-refractivity contribution < 1.29 is 4.79 Å². The summed E-state index contributed by atoms with van der Waals surface area (Å²) in [5.74, 6) is 0.250. The topological polar surface area (TPSA) is 75.3 Å². The first-order valence-corrected chi connectivity index (χ1v) is 8.36. The van der Waals surface area contributed by atoms with Crippen LogP contribution < -0.4 is 10.6 Å². The average molecular weight is 325 g/mol. The van der Waals surface area contributed by atoms with Gasteiger partial charge in [-0.1, -0.05) is 37.3 Å². The molecule has 1 aliphatic rings. The van der Waals surface area contributed by atoms with Crippen molar-refractivity contribution in [3.8, 4) is 0 Å². The van der Waals surface area contributed by atoms with E-state index in [4.69, 9.17) is 5.73 Å². The summed E-state index contributed by atoms with van der Waals surface area (Å²) in [6.07, 6.45) is 1.09. The van der Waals surface area contributed by atoms with Crippen molar-refractivity contribution in [1.29, 1.82) is 0 Å². The quantitative estimate of drug-likeness (QED) is 0.908. The summed E-state index contributed by atoms with van der Waals surface area (Å²) >= 11 is 0. The first kappa shape index (κ1) is 16.4. The van der Waals surface area contributed by atoms with Gasteiger partial charge >= 0.3 is 0 Å². The van der Waals surface area contributed by atoms with Crippen LogP contribution in [-0.4, -0.2) is 47.2 Å². The number of benzene rings is 1. The summed E-state index contributed by atoms with van der Waals surface area (Å²) < 4.78 is 0. The molecule has 6 nitrogen and oxygen atoms in total. The summed E-state index contributed by atoms with van der Waals surface area (Å²) in [6.45, 7) is 5.99. The van der Waals surface area contributed by atoms with Crippen molar-refractivity contribution in [3.05, 3.63) is 53.7 Å². The standard InChI is InChI=1S/C18H23N5O/c1-2-16(14-6-4-3-5-7-14)22-10-12-23(13-11-22)17-9-8-15(18(19)24)20-21-17/h3-9,16H,2,10-13H2,1H3,(H2,19,24)/t16-/m0/s1. The molecule has 3 rings (SSSR count). The second-order valence-electron chi connectivity index (χ2n) is 6.00. The van der Waals surface area contributed by atoms with Gasteiger partial charge in [-0.25, -0.2) is 0 Å². The Morgan fingerprint density at radius 2 is 1.79 bits per heavy atom. The van der Waals surface area contributed by atoms with Crippen molar-refractivity contribution in [2.45, 2.75) is 19.4 Å². The van der Waals surface area contributed by atoms with E-state index in [9.17, 15) is 4.79 Å². The van der Waals surface area contributed by atoms with Crippen molar-refractivity contribution in [2.75, 3.05) is 31.1 Å². The van der Waals surface area contributed by atoms with E-state index in [1.54, 1.807) is 6.07 Å². The lowest BCUT2D eigenvalue weighted by atomic mass is 10.0. The van der Waals surface area contributed by atoms with E-state index in [0.717, 1.165) is 38.4 Å². The van der Waals surface area contributed by atoms with Gasteiger partial charge in [0, 0.05) is 32.2 Å². The molecule has 2 heterocycles. The van der Waals surface area contributed by atoms with E-state index < -0.39 is 5.91 Å². The summed E-state index contributed by atoms with van der Waals surface area (Å²) in [4.78, 5) is 15.8. The van der Waals surface area contributed by atoms with Crippen LogP contribution in [0.4, 0.5) is 5.82 Å². The van der Waals surface area contributed by atoms with Gasteiger partial charge in [0.1, 0.15) is 0 Å². The Balaban J connectivity index is 1.63. The highest BCUT2D eigenvalue weighted by Crippen LogP contribution is 2.26. The van der Waals surface area contributed by atoms with Gasteiger partial charge in [-0.3, -0.25) is 9.69 Å². The van der Waals surface area contributed by atoms with Crippen LogP contribution in [0.2, 0.25) is 0 Å². The number of amides is 1. The minimum atomic E-state index is -0.549. The van der Waals surface area contributed by atoms with Gasteiger partial charge in [-0.15, -0.1) is 10.2 Å². The number of hydrogen-bond donors (Lipinski definition) is 1. The van der Waals surface area contributed by atoms with Crippen molar-refractivity contribution in [3.63, 3.8) is 0 Å². The molecule has 0 saturated carbocycles. The lowest BCUT2D eigenvalue weighted by molar-refractivity contribution is 0.0994. The van der Waals surface area contributed by atoms with Crippen molar-refractivity contribution >= 4 is 11.7 Å². The number of nitrogens with two attached hydrogens (primary N) is 1. The molecule has 1 aliphatic heterocycles. The minimum absolute atomic E-state index is 0.201. The number of rotatable bonds is 5. The van der Waals surface area contributed by atoms with Crippen molar-refractivity contribution in [1.82, 2.24) is 15.1 Å². The molecular weight excluding hydrogens is 302 g/mol. The number of primary amides is 1. The SMILES string of the molecule is CC[C@@H](c1ccccc1)N1CCN(c2ccc(C(N)=O)nn2)CC1. The van der Waals surface area contributed by atoms with Gasteiger partial charge in [0.05, 0.1) is 0 Å². The fourth-order valence-electron chi connectivity index (χ4n) is 3.27. The van der Waals surface area contributed by atoms with Crippen LogP contribution in [0.3, 0.4) is 0 Å². The molecule has 24 heavy (non-hydrogen) atoms. The minimum Gasteiger partial charge on any atom is -0.364 e. The third-order valence-corrected chi connectivity index (χ3v) is 4.55. The Morgan fingerprint density at radius 1 is 1.08 bits per heavy atom. The Bertz CT molecular complexity index is 666. The first-order valence-electron chi connectivity index (χ1n) is 8.36. The molecule has 0 unspecified atom stereocenters. The summed E-state index contributed by atoms with van der Waals surface area (Å²) in [5, 5.41) is 8.02. The zero-order valence-electron chi connectivity index (χ0n) is 13.9. The van der Waals surface area contributed by atoms with Crippen LogP contribution in [0.25, 0.3) is 0 Å². The van der Waals surface area contributed by atoms with Gasteiger partial charge < -0.3 is 10.6 Å². The van der Waals surface area contributed by atoms with Gasteiger partial charge in [0.15, 0.2) is 11.5 Å². The fourth-order valence-corrected chi connectivity index (χ4v) is 3.27. The van der Waals surface area contributed by atoms with Gasteiger partial charge in [0.2, 0.25) is 0 Å². The Labute approximate surface area is 142 Å². The third kappa shape index (κ3) is 3.54. The number of hydrogen-bond acceptors (Lipinski definition) is 5. The van der Waals surface area contributed by atoms with Crippen molar-refractivity contribution in [2.24, 2.45) is 5.73 Å². The molecule has 2 N–H and O–H groups in total. The number of aromatic nitrogens is 2. The fraction of sp³-hybridized carbons (Fsp3) is 0.389. The zero-order valence-corrected chi connectivity index (χ0v) is 13.9. The van der Waals surface area contributed by atoms with E-state index >= 15 is 0 Å². The molecule has 0 spiro atoms. The number of nitrogens with zero attached hydrogens (tertiary/aromatic N) is 4. The molecule has 0 bridgehead atoms. The number of carbonyl (C=O) groups is 1. The highest BCUT2D eigenvalue weighted by molar-refractivity contribution is 5.90. The molecular formula is C18H23N5O. The van der Waals surface area contributed by atoms with E-state index in [1.807, 2.05) is 6.07 Å². The molecule has 1 aromatic carbocycles. The summed E-state index contributed by atoms with van der Waals surface area (Å²) in [5.41, 5.74) is 6.78. The molecule has 0 aliphatic carbocycles. The molecule has 1 aromatic heterocycles. The molecule has 1 fully saturated rings. The molecule has 126 valence electrons. The molecule has 0 radical (unpaired) electrons. The van der Waals surface area contributed by atoms with E-state index in [1.165, 1.54) is 5.56 Å². The number of piperazine rings is 1. The van der Waals surface area contributed by atoms with Crippen LogP contribution in [0.15, 0.2) is 42.5 Å². The van der Waals surface area contributed by atoms with Crippen LogP contribution >= 0.6 is 0 Å². The predicted molar refractivity (Wildman–Crippen MR) is 93.8 cm³/mol. The Kier molecular flexibility index (Phi) is 5.05. The molecule has 1 amide bonds. The normalized spacial score (nSPS) is 16.8. The molecule has 1 saturated heterocycles. The Hall–Kier alpha value is -2.47. The van der Waals surface area contributed by atoms with Gasteiger partial charge in [-0.2, -0.15) is 0 Å². The maximum absolute atomic E-state index is 11.1. The smallest absolute Gasteiger partial charge is 0.269 e. The second-order valence-corrected chi connectivity index (χ2v) is 6.00. The van der Waals surface area contributed by atoms with E-state index in [2.05, 4.69) is 57.3 Å². The van der Waals surface area contributed by atoms with Crippen LogP contribution in [0.5, 0.6) is 0 Å². The zero-order chi connectivity index (χ0) is 16.9.